The number of piperidine rings is 1. The first-order valence-corrected chi connectivity index (χ1v) is 10.4. The van der Waals surface area contributed by atoms with E-state index < -0.39 is 0 Å². The van der Waals surface area contributed by atoms with Crippen LogP contribution in [0.15, 0.2) is 24.3 Å². The zero-order chi connectivity index (χ0) is 18.7. The number of nitrogens with one attached hydrogen (secondary N) is 2. The number of hydrogen-bond acceptors (Lipinski definition) is 4. The average molecular weight is 375 g/mol. The Bertz CT molecular complexity index is 569. The number of morpholine rings is 1. The third-order valence-corrected chi connectivity index (χ3v) is 5.44. The summed E-state index contributed by atoms with van der Waals surface area (Å²) in [5.74, 6) is 0. The maximum absolute atomic E-state index is 12.1. The van der Waals surface area contributed by atoms with Crippen molar-refractivity contribution in [1.82, 2.24) is 20.4 Å². The minimum absolute atomic E-state index is 0.0789. The van der Waals surface area contributed by atoms with Crippen LogP contribution in [0.2, 0.25) is 0 Å². The van der Waals surface area contributed by atoms with Crippen molar-refractivity contribution in [3.63, 3.8) is 0 Å². The lowest BCUT2D eigenvalue weighted by Gasteiger charge is -2.27. The van der Waals surface area contributed by atoms with E-state index in [-0.39, 0.29) is 6.03 Å². The van der Waals surface area contributed by atoms with Crippen molar-refractivity contribution in [2.24, 2.45) is 0 Å². The number of rotatable bonds is 8. The molecule has 0 unspecified atom stereocenters. The van der Waals surface area contributed by atoms with Crippen LogP contribution in [0.25, 0.3) is 0 Å². The highest BCUT2D eigenvalue weighted by Gasteiger charge is 2.13. The van der Waals surface area contributed by atoms with Gasteiger partial charge >= 0.3 is 6.03 Å². The van der Waals surface area contributed by atoms with Gasteiger partial charge in [0.2, 0.25) is 0 Å². The molecule has 0 aromatic heterocycles. The van der Waals surface area contributed by atoms with E-state index in [1.807, 2.05) is 0 Å². The van der Waals surface area contributed by atoms with Crippen molar-refractivity contribution in [3.8, 4) is 0 Å². The van der Waals surface area contributed by atoms with Gasteiger partial charge < -0.3 is 15.4 Å². The molecule has 2 aliphatic heterocycles. The molecule has 0 saturated carbocycles. The van der Waals surface area contributed by atoms with Crippen LogP contribution < -0.4 is 10.6 Å². The third-order valence-electron chi connectivity index (χ3n) is 5.44. The summed E-state index contributed by atoms with van der Waals surface area (Å²) < 4.78 is 5.35. The molecule has 2 saturated heterocycles. The van der Waals surface area contributed by atoms with Gasteiger partial charge in [0, 0.05) is 32.7 Å². The standard InChI is InChI=1S/C21H34N4O2/c26-21(22-9-6-12-24-13-15-27-16-14-24)23-17-19-7-2-3-8-20(19)18-25-10-4-1-5-11-25/h2-3,7-8H,1,4-6,9-18H2,(H2,22,23,26). The number of amides is 2. The number of benzene rings is 1. The molecule has 6 nitrogen and oxygen atoms in total. The van der Waals surface area contributed by atoms with Gasteiger partial charge in [-0.2, -0.15) is 0 Å². The van der Waals surface area contributed by atoms with Crippen LogP contribution in [-0.4, -0.2) is 68.3 Å². The van der Waals surface area contributed by atoms with Crippen LogP contribution in [0.4, 0.5) is 4.79 Å². The minimum atomic E-state index is -0.0789. The molecule has 0 aliphatic carbocycles. The number of nitrogens with zero attached hydrogens (tertiary/aromatic N) is 2. The second-order valence-corrected chi connectivity index (χ2v) is 7.52. The van der Waals surface area contributed by atoms with Gasteiger partial charge in [0.25, 0.3) is 0 Å². The van der Waals surface area contributed by atoms with Crippen LogP contribution in [0.1, 0.15) is 36.8 Å². The van der Waals surface area contributed by atoms with Gasteiger partial charge in [-0.3, -0.25) is 9.80 Å². The van der Waals surface area contributed by atoms with E-state index in [4.69, 9.17) is 4.74 Å². The Labute approximate surface area is 163 Å². The second-order valence-electron chi connectivity index (χ2n) is 7.52. The predicted molar refractivity (Wildman–Crippen MR) is 108 cm³/mol. The van der Waals surface area contributed by atoms with E-state index in [1.165, 1.54) is 43.5 Å². The molecular formula is C21H34N4O2. The Morgan fingerprint density at radius 2 is 1.67 bits per heavy atom. The van der Waals surface area contributed by atoms with Crippen LogP contribution in [0.3, 0.4) is 0 Å². The molecule has 0 bridgehead atoms. The van der Waals surface area contributed by atoms with Crippen molar-refractivity contribution in [2.75, 3.05) is 52.5 Å². The van der Waals surface area contributed by atoms with Gasteiger partial charge in [-0.05, 0) is 50.0 Å². The van der Waals surface area contributed by atoms with E-state index in [9.17, 15) is 4.79 Å². The molecule has 0 spiro atoms. The van der Waals surface area contributed by atoms with Gasteiger partial charge in [-0.25, -0.2) is 4.79 Å². The number of carbonyl (C=O) groups excluding carboxylic acids is 1. The lowest BCUT2D eigenvalue weighted by Crippen LogP contribution is -2.39. The summed E-state index contributed by atoms with van der Waals surface area (Å²) in [4.78, 5) is 17.0. The molecule has 2 amide bonds. The summed E-state index contributed by atoms with van der Waals surface area (Å²) >= 11 is 0. The molecule has 1 aromatic rings. The molecule has 6 heteroatoms. The number of hydrogen-bond donors (Lipinski definition) is 2. The van der Waals surface area contributed by atoms with Gasteiger partial charge in [0.05, 0.1) is 13.2 Å². The van der Waals surface area contributed by atoms with Crippen molar-refractivity contribution < 1.29 is 9.53 Å². The van der Waals surface area contributed by atoms with Crippen molar-refractivity contribution in [1.29, 1.82) is 0 Å². The molecule has 0 radical (unpaired) electrons. The molecule has 27 heavy (non-hydrogen) atoms. The Balaban J connectivity index is 1.35. The van der Waals surface area contributed by atoms with Gasteiger partial charge in [0.15, 0.2) is 0 Å². The zero-order valence-electron chi connectivity index (χ0n) is 16.4. The predicted octanol–water partition coefficient (Wildman–Crippen LogP) is 2.19. The molecule has 2 N–H and O–H groups in total. The lowest BCUT2D eigenvalue weighted by atomic mass is 10.0. The largest absolute Gasteiger partial charge is 0.379 e. The van der Waals surface area contributed by atoms with E-state index in [2.05, 4.69) is 44.7 Å². The highest BCUT2D eigenvalue weighted by molar-refractivity contribution is 5.73. The summed E-state index contributed by atoms with van der Waals surface area (Å²) in [5, 5.41) is 5.99. The summed E-state index contributed by atoms with van der Waals surface area (Å²) in [6, 6.07) is 8.37. The highest BCUT2D eigenvalue weighted by atomic mass is 16.5. The Morgan fingerprint density at radius 3 is 2.44 bits per heavy atom. The van der Waals surface area contributed by atoms with Crippen molar-refractivity contribution in [2.45, 2.75) is 38.8 Å². The fourth-order valence-electron chi connectivity index (χ4n) is 3.81. The van der Waals surface area contributed by atoms with Gasteiger partial charge in [-0.15, -0.1) is 0 Å². The van der Waals surface area contributed by atoms with Crippen LogP contribution in [0.5, 0.6) is 0 Å². The Kier molecular flexibility index (Phi) is 8.39. The van der Waals surface area contributed by atoms with Crippen LogP contribution >= 0.6 is 0 Å². The van der Waals surface area contributed by atoms with Crippen molar-refractivity contribution >= 4 is 6.03 Å². The summed E-state index contributed by atoms with van der Waals surface area (Å²) in [6.07, 6.45) is 4.92. The maximum Gasteiger partial charge on any atom is 0.315 e. The number of urea groups is 1. The van der Waals surface area contributed by atoms with Gasteiger partial charge in [-0.1, -0.05) is 30.7 Å². The van der Waals surface area contributed by atoms with Gasteiger partial charge in [0.1, 0.15) is 0 Å². The highest BCUT2D eigenvalue weighted by Crippen LogP contribution is 2.16. The summed E-state index contributed by atoms with van der Waals surface area (Å²) in [5.41, 5.74) is 2.54. The van der Waals surface area contributed by atoms with Crippen molar-refractivity contribution in [3.05, 3.63) is 35.4 Å². The first-order valence-electron chi connectivity index (χ1n) is 10.4. The number of ether oxygens (including phenoxy) is 1. The maximum atomic E-state index is 12.1. The zero-order valence-corrected chi connectivity index (χ0v) is 16.4. The SMILES string of the molecule is O=C(NCCCN1CCOCC1)NCc1ccccc1CN1CCCCC1. The summed E-state index contributed by atoms with van der Waals surface area (Å²) in [6.45, 7) is 9.31. The van der Waals surface area contributed by atoms with E-state index in [0.29, 0.717) is 13.1 Å². The average Bonchev–Trinajstić information content (AvgIpc) is 2.72. The molecule has 2 aliphatic rings. The number of likely N-dealkylation sites (tertiary alicyclic amines) is 1. The monoisotopic (exact) mass is 374 g/mol. The fraction of sp³-hybridized carbons (Fsp3) is 0.667. The third kappa shape index (κ3) is 7.13. The molecule has 2 heterocycles. The topological polar surface area (TPSA) is 56.8 Å². The number of carbonyl (C=O) groups is 1. The first-order chi connectivity index (χ1) is 13.3. The van der Waals surface area contributed by atoms with Crippen LogP contribution in [0, 0.1) is 0 Å². The van der Waals surface area contributed by atoms with Crippen LogP contribution in [-0.2, 0) is 17.8 Å². The molecule has 2 fully saturated rings. The molecule has 0 atom stereocenters. The van der Waals surface area contributed by atoms with E-state index in [0.717, 1.165) is 45.8 Å². The fourth-order valence-corrected chi connectivity index (χ4v) is 3.81. The molecular weight excluding hydrogens is 340 g/mol. The van der Waals surface area contributed by atoms with E-state index in [1.54, 1.807) is 0 Å². The normalized spacial score (nSPS) is 19.0. The van der Waals surface area contributed by atoms with E-state index >= 15 is 0 Å². The smallest absolute Gasteiger partial charge is 0.315 e. The lowest BCUT2D eigenvalue weighted by molar-refractivity contribution is 0.0375. The first kappa shape index (κ1) is 20.1. The quantitative estimate of drug-likeness (QED) is 0.685. The molecule has 150 valence electrons. The summed E-state index contributed by atoms with van der Waals surface area (Å²) in [7, 11) is 0. The minimum Gasteiger partial charge on any atom is -0.379 e. The Hall–Kier alpha value is -1.63. The second kappa shape index (κ2) is 11.3. The molecule has 1 aromatic carbocycles. The molecule has 3 rings (SSSR count). The Morgan fingerprint density at radius 1 is 0.926 bits per heavy atom.